The highest BCUT2D eigenvalue weighted by Crippen LogP contribution is 2.32. The standard InChI is InChI=1S/C13H23N3O/c1-8(2)14-13-15-11(12(17)16-13)10-6-4-9(3)5-7-10/h8-11H,4-7H2,1-3H3,(H2,14,15,16,17). The third kappa shape index (κ3) is 2.99. The van der Waals surface area contributed by atoms with Gasteiger partial charge in [-0.15, -0.1) is 0 Å². The predicted octanol–water partition coefficient (Wildman–Crippen LogP) is 1.67. The second kappa shape index (κ2) is 5.07. The molecule has 0 saturated heterocycles. The molecule has 17 heavy (non-hydrogen) atoms. The third-order valence-corrected chi connectivity index (χ3v) is 3.71. The van der Waals surface area contributed by atoms with Crippen LogP contribution in [0.2, 0.25) is 0 Å². The van der Waals surface area contributed by atoms with Crippen LogP contribution in [0.25, 0.3) is 0 Å². The molecule has 2 N–H and O–H groups in total. The number of nitrogens with zero attached hydrogens (tertiary/aromatic N) is 1. The van der Waals surface area contributed by atoms with Crippen molar-refractivity contribution in [2.45, 2.75) is 58.5 Å². The Balaban J connectivity index is 1.96. The third-order valence-electron chi connectivity index (χ3n) is 3.71. The lowest BCUT2D eigenvalue weighted by Gasteiger charge is -2.27. The van der Waals surface area contributed by atoms with E-state index in [1.807, 2.05) is 13.8 Å². The molecule has 1 amide bonds. The minimum Gasteiger partial charge on any atom is -0.354 e. The highest BCUT2D eigenvalue weighted by atomic mass is 16.2. The molecule has 4 nitrogen and oxygen atoms in total. The zero-order valence-corrected chi connectivity index (χ0v) is 11.0. The first-order valence-corrected chi connectivity index (χ1v) is 6.71. The van der Waals surface area contributed by atoms with Gasteiger partial charge in [-0.2, -0.15) is 0 Å². The van der Waals surface area contributed by atoms with Crippen molar-refractivity contribution in [3.8, 4) is 0 Å². The maximum Gasteiger partial charge on any atom is 0.251 e. The smallest absolute Gasteiger partial charge is 0.251 e. The van der Waals surface area contributed by atoms with E-state index in [1.54, 1.807) is 0 Å². The Morgan fingerprint density at radius 2 is 1.94 bits per heavy atom. The van der Waals surface area contributed by atoms with Crippen molar-refractivity contribution in [2.75, 3.05) is 0 Å². The van der Waals surface area contributed by atoms with E-state index < -0.39 is 0 Å². The molecule has 0 radical (unpaired) electrons. The second-order valence-corrected chi connectivity index (χ2v) is 5.73. The van der Waals surface area contributed by atoms with Crippen molar-refractivity contribution in [3.05, 3.63) is 0 Å². The number of hydrogen-bond donors (Lipinski definition) is 2. The van der Waals surface area contributed by atoms with Gasteiger partial charge in [-0.1, -0.05) is 19.8 Å². The van der Waals surface area contributed by atoms with Crippen LogP contribution in [0.3, 0.4) is 0 Å². The number of carbonyl (C=O) groups excluding carboxylic acids is 1. The molecule has 1 heterocycles. The molecule has 96 valence electrons. The summed E-state index contributed by atoms with van der Waals surface area (Å²) in [5.74, 6) is 1.99. The van der Waals surface area contributed by atoms with Gasteiger partial charge in [-0.3, -0.25) is 10.1 Å². The lowest BCUT2D eigenvalue weighted by Crippen LogP contribution is -2.41. The molecular weight excluding hydrogens is 214 g/mol. The van der Waals surface area contributed by atoms with E-state index >= 15 is 0 Å². The van der Waals surface area contributed by atoms with Gasteiger partial charge >= 0.3 is 0 Å². The fourth-order valence-corrected chi connectivity index (χ4v) is 2.69. The lowest BCUT2D eigenvalue weighted by atomic mass is 9.79. The minimum atomic E-state index is -0.149. The molecular formula is C13H23N3O. The van der Waals surface area contributed by atoms with Gasteiger partial charge < -0.3 is 5.32 Å². The van der Waals surface area contributed by atoms with Crippen molar-refractivity contribution in [1.82, 2.24) is 10.6 Å². The van der Waals surface area contributed by atoms with Gasteiger partial charge in [-0.25, -0.2) is 4.99 Å². The maximum atomic E-state index is 11.9. The van der Waals surface area contributed by atoms with Crippen molar-refractivity contribution < 1.29 is 4.79 Å². The predicted molar refractivity (Wildman–Crippen MR) is 68.8 cm³/mol. The Morgan fingerprint density at radius 3 is 2.53 bits per heavy atom. The number of nitrogens with one attached hydrogen (secondary N) is 2. The van der Waals surface area contributed by atoms with Gasteiger partial charge in [0.05, 0.1) is 0 Å². The van der Waals surface area contributed by atoms with Crippen molar-refractivity contribution >= 4 is 11.9 Å². The molecule has 1 fully saturated rings. The molecule has 0 bridgehead atoms. The number of amides is 1. The fourth-order valence-electron chi connectivity index (χ4n) is 2.69. The molecule has 1 aliphatic carbocycles. The monoisotopic (exact) mass is 237 g/mol. The quantitative estimate of drug-likeness (QED) is 0.767. The maximum absolute atomic E-state index is 11.9. The van der Waals surface area contributed by atoms with E-state index in [9.17, 15) is 4.79 Å². The van der Waals surface area contributed by atoms with Crippen molar-refractivity contribution in [3.63, 3.8) is 0 Å². The summed E-state index contributed by atoms with van der Waals surface area (Å²) in [6.45, 7) is 6.38. The summed E-state index contributed by atoms with van der Waals surface area (Å²) < 4.78 is 0. The van der Waals surface area contributed by atoms with Gasteiger partial charge in [0.2, 0.25) is 0 Å². The van der Waals surface area contributed by atoms with Gasteiger partial charge in [0.15, 0.2) is 5.96 Å². The molecule has 0 aromatic rings. The molecule has 1 aliphatic heterocycles. The molecule has 2 aliphatic rings. The summed E-state index contributed by atoms with van der Waals surface area (Å²) in [5.41, 5.74) is 0. The summed E-state index contributed by atoms with van der Waals surface area (Å²) in [4.78, 5) is 16.4. The van der Waals surface area contributed by atoms with E-state index in [1.165, 1.54) is 12.8 Å². The molecule has 1 saturated carbocycles. The fraction of sp³-hybridized carbons (Fsp3) is 0.846. The summed E-state index contributed by atoms with van der Waals surface area (Å²) >= 11 is 0. The van der Waals surface area contributed by atoms with E-state index in [0.717, 1.165) is 18.8 Å². The van der Waals surface area contributed by atoms with Crippen LogP contribution in [-0.2, 0) is 4.79 Å². The van der Waals surface area contributed by atoms with Crippen LogP contribution in [0.15, 0.2) is 4.99 Å². The number of hydrogen-bond acceptors (Lipinski definition) is 3. The van der Waals surface area contributed by atoms with Gasteiger partial charge in [0.25, 0.3) is 5.91 Å². The van der Waals surface area contributed by atoms with Crippen LogP contribution in [0.1, 0.15) is 46.5 Å². The molecule has 4 heteroatoms. The molecule has 1 unspecified atom stereocenters. The van der Waals surface area contributed by atoms with Crippen LogP contribution in [0, 0.1) is 11.8 Å². The Hall–Kier alpha value is -1.06. The van der Waals surface area contributed by atoms with E-state index in [0.29, 0.717) is 17.9 Å². The zero-order chi connectivity index (χ0) is 12.4. The molecule has 1 atom stereocenters. The van der Waals surface area contributed by atoms with E-state index in [-0.39, 0.29) is 11.9 Å². The average Bonchev–Trinajstić information content (AvgIpc) is 2.59. The van der Waals surface area contributed by atoms with Crippen LogP contribution in [0.4, 0.5) is 0 Å². The average molecular weight is 237 g/mol. The van der Waals surface area contributed by atoms with Crippen LogP contribution in [-0.4, -0.2) is 24.0 Å². The first-order chi connectivity index (χ1) is 8.06. The summed E-state index contributed by atoms with van der Waals surface area (Å²) in [5, 5.41) is 6.01. The Labute approximate surface area is 103 Å². The topological polar surface area (TPSA) is 53.5 Å². The van der Waals surface area contributed by atoms with E-state index in [4.69, 9.17) is 0 Å². The van der Waals surface area contributed by atoms with E-state index in [2.05, 4.69) is 22.5 Å². The Bertz CT molecular complexity index is 317. The number of carbonyl (C=O) groups is 1. The normalized spacial score (nSPS) is 33.5. The van der Waals surface area contributed by atoms with Gasteiger partial charge in [0, 0.05) is 6.04 Å². The summed E-state index contributed by atoms with van der Waals surface area (Å²) in [6, 6.07) is 0.155. The summed E-state index contributed by atoms with van der Waals surface area (Å²) in [6.07, 6.45) is 4.74. The molecule has 0 spiro atoms. The van der Waals surface area contributed by atoms with Gasteiger partial charge in [0.1, 0.15) is 6.04 Å². The lowest BCUT2D eigenvalue weighted by molar-refractivity contribution is -0.121. The summed E-state index contributed by atoms with van der Waals surface area (Å²) in [7, 11) is 0. The Morgan fingerprint density at radius 1 is 1.29 bits per heavy atom. The highest BCUT2D eigenvalue weighted by molar-refractivity contribution is 6.05. The zero-order valence-electron chi connectivity index (χ0n) is 11.0. The molecule has 2 rings (SSSR count). The minimum absolute atomic E-state index is 0.0766. The molecule has 0 aromatic carbocycles. The van der Waals surface area contributed by atoms with Gasteiger partial charge in [-0.05, 0) is 38.5 Å². The number of guanidine groups is 1. The SMILES string of the molecule is CC1CCC(C2N=C(NC(C)C)NC2=O)CC1. The second-order valence-electron chi connectivity index (χ2n) is 5.73. The van der Waals surface area contributed by atoms with Crippen molar-refractivity contribution in [2.24, 2.45) is 16.8 Å². The van der Waals surface area contributed by atoms with Crippen LogP contribution < -0.4 is 10.6 Å². The highest BCUT2D eigenvalue weighted by Gasteiger charge is 2.35. The largest absolute Gasteiger partial charge is 0.354 e. The first kappa shape index (κ1) is 12.4. The number of aliphatic imine (C=N–C) groups is 1. The van der Waals surface area contributed by atoms with Crippen LogP contribution >= 0.6 is 0 Å². The van der Waals surface area contributed by atoms with Crippen molar-refractivity contribution in [1.29, 1.82) is 0 Å². The van der Waals surface area contributed by atoms with Crippen LogP contribution in [0.5, 0.6) is 0 Å². The number of rotatable bonds is 2. The molecule has 0 aromatic heterocycles. The Kier molecular flexibility index (Phi) is 3.69. The first-order valence-electron chi connectivity index (χ1n) is 6.71.